The van der Waals surface area contributed by atoms with Crippen LogP contribution in [-0.2, 0) is 12.8 Å². The number of nitrogens with two attached hydrogens (primary N) is 1. The smallest absolute Gasteiger partial charge is 0.197 e. The first-order valence-corrected chi connectivity index (χ1v) is 5.71. The van der Waals surface area contributed by atoms with Crippen molar-refractivity contribution in [1.29, 1.82) is 0 Å². The molecule has 5 nitrogen and oxygen atoms in total. The molecule has 17 heavy (non-hydrogen) atoms. The van der Waals surface area contributed by atoms with E-state index in [0.29, 0.717) is 11.6 Å². The summed E-state index contributed by atoms with van der Waals surface area (Å²) < 4.78 is 5.54. The quantitative estimate of drug-likeness (QED) is 0.608. The maximum Gasteiger partial charge on any atom is 0.197 e. The van der Waals surface area contributed by atoms with Crippen molar-refractivity contribution in [3.05, 3.63) is 29.2 Å². The molecule has 1 aliphatic rings. The number of nitrogen functional groups attached to an aromatic ring is 1. The van der Waals surface area contributed by atoms with Gasteiger partial charge in [-0.05, 0) is 38.3 Å². The maximum atomic E-state index is 5.54. The normalized spacial score (nSPS) is 13.8. The Kier molecular flexibility index (Phi) is 2.33. The largest absolute Gasteiger partial charge is 0.458 e. The van der Waals surface area contributed by atoms with Gasteiger partial charge in [0.25, 0.3) is 0 Å². The van der Waals surface area contributed by atoms with Gasteiger partial charge >= 0.3 is 0 Å². The van der Waals surface area contributed by atoms with E-state index in [9.17, 15) is 0 Å². The van der Waals surface area contributed by atoms with Crippen LogP contribution in [-0.4, -0.2) is 9.97 Å². The van der Waals surface area contributed by atoms with Gasteiger partial charge in [-0.2, -0.15) is 0 Å². The van der Waals surface area contributed by atoms with Crippen LogP contribution in [0.5, 0.6) is 0 Å². The Balaban J connectivity index is 2.12. The fourth-order valence-corrected chi connectivity index (χ4v) is 2.22. The molecule has 0 spiro atoms. The number of hydrogen-bond donors (Lipinski definition) is 2. The average molecular weight is 230 g/mol. The van der Waals surface area contributed by atoms with Gasteiger partial charge in [0.15, 0.2) is 11.6 Å². The van der Waals surface area contributed by atoms with Gasteiger partial charge in [-0.15, -0.1) is 0 Å². The van der Waals surface area contributed by atoms with Gasteiger partial charge in [-0.1, -0.05) is 0 Å². The molecule has 3 N–H and O–H groups in total. The predicted molar refractivity (Wildman–Crippen MR) is 64.3 cm³/mol. The Morgan fingerprint density at radius 3 is 2.88 bits per heavy atom. The topological polar surface area (TPSA) is 77.0 Å². The Labute approximate surface area is 99.0 Å². The van der Waals surface area contributed by atoms with Crippen LogP contribution in [0.2, 0.25) is 0 Å². The molecular formula is C12H14N4O. The molecule has 2 aromatic heterocycles. The molecular weight excluding hydrogens is 216 g/mol. The van der Waals surface area contributed by atoms with Gasteiger partial charge in [-0.25, -0.2) is 15.8 Å². The summed E-state index contributed by atoms with van der Waals surface area (Å²) in [4.78, 5) is 8.95. The fourth-order valence-electron chi connectivity index (χ4n) is 2.22. The highest BCUT2D eigenvalue weighted by molar-refractivity contribution is 5.56. The highest BCUT2D eigenvalue weighted by Gasteiger charge is 2.20. The highest BCUT2D eigenvalue weighted by atomic mass is 16.3. The third-order valence-corrected chi connectivity index (χ3v) is 3.03. The second kappa shape index (κ2) is 3.85. The average Bonchev–Trinajstić information content (AvgIpc) is 2.95. The number of hydrazine groups is 1. The molecule has 5 heteroatoms. The van der Waals surface area contributed by atoms with Crippen molar-refractivity contribution in [3.63, 3.8) is 0 Å². The number of nitrogens with one attached hydrogen (secondary N) is 1. The molecule has 0 saturated carbocycles. The van der Waals surface area contributed by atoms with Crippen molar-refractivity contribution in [3.8, 4) is 11.6 Å². The Morgan fingerprint density at radius 2 is 2.18 bits per heavy atom. The lowest BCUT2D eigenvalue weighted by Crippen LogP contribution is -2.12. The standard InChI is InChI=1S/C12H14N4O/c1-7-5-6-10(17-7)12-14-9-4-2-3-8(9)11(15-12)16-13/h5-6H,2-4,13H2,1H3,(H,14,15,16). The third kappa shape index (κ3) is 1.68. The van der Waals surface area contributed by atoms with E-state index in [4.69, 9.17) is 10.3 Å². The summed E-state index contributed by atoms with van der Waals surface area (Å²) in [6.07, 6.45) is 3.09. The van der Waals surface area contributed by atoms with Crippen LogP contribution >= 0.6 is 0 Å². The van der Waals surface area contributed by atoms with Crippen molar-refractivity contribution >= 4 is 5.82 Å². The third-order valence-electron chi connectivity index (χ3n) is 3.03. The van der Waals surface area contributed by atoms with Gasteiger partial charge in [-0.3, -0.25) is 0 Å². The van der Waals surface area contributed by atoms with E-state index in [1.54, 1.807) is 0 Å². The van der Waals surface area contributed by atoms with Crippen LogP contribution < -0.4 is 11.3 Å². The number of aromatic nitrogens is 2. The van der Waals surface area contributed by atoms with Crippen LogP contribution in [0.15, 0.2) is 16.5 Å². The molecule has 1 aliphatic carbocycles. The number of nitrogens with zero attached hydrogens (tertiary/aromatic N) is 2. The molecule has 0 radical (unpaired) electrons. The van der Waals surface area contributed by atoms with Crippen molar-refractivity contribution in [2.75, 3.05) is 5.43 Å². The molecule has 2 heterocycles. The van der Waals surface area contributed by atoms with Gasteiger partial charge in [0, 0.05) is 11.3 Å². The molecule has 0 atom stereocenters. The second-order valence-corrected chi connectivity index (χ2v) is 4.23. The van der Waals surface area contributed by atoms with Crippen LogP contribution in [0.1, 0.15) is 23.4 Å². The molecule has 2 aromatic rings. The van der Waals surface area contributed by atoms with Crippen LogP contribution in [0.25, 0.3) is 11.6 Å². The first-order chi connectivity index (χ1) is 8.28. The summed E-state index contributed by atoms with van der Waals surface area (Å²) >= 11 is 0. The molecule has 0 aliphatic heterocycles. The molecule has 0 amide bonds. The highest BCUT2D eigenvalue weighted by Crippen LogP contribution is 2.29. The number of anilines is 1. The zero-order chi connectivity index (χ0) is 11.8. The van der Waals surface area contributed by atoms with Crippen molar-refractivity contribution < 1.29 is 4.42 Å². The van der Waals surface area contributed by atoms with E-state index in [-0.39, 0.29) is 0 Å². The summed E-state index contributed by atoms with van der Waals surface area (Å²) in [7, 11) is 0. The summed E-state index contributed by atoms with van der Waals surface area (Å²) in [5.74, 6) is 8.37. The number of furan rings is 1. The van der Waals surface area contributed by atoms with Gasteiger partial charge in [0.1, 0.15) is 11.6 Å². The molecule has 0 saturated heterocycles. The number of fused-ring (bicyclic) bond motifs is 1. The van der Waals surface area contributed by atoms with Crippen molar-refractivity contribution in [2.24, 2.45) is 5.84 Å². The van der Waals surface area contributed by atoms with Crippen LogP contribution in [0.4, 0.5) is 5.82 Å². The lowest BCUT2D eigenvalue weighted by molar-refractivity contribution is 0.544. The van der Waals surface area contributed by atoms with E-state index in [1.165, 1.54) is 0 Å². The molecule has 88 valence electrons. The zero-order valence-electron chi connectivity index (χ0n) is 9.66. The van der Waals surface area contributed by atoms with E-state index >= 15 is 0 Å². The van der Waals surface area contributed by atoms with Gasteiger partial charge in [0.2, 0.25) is 0 Å². The Bertz CT molecular complexity index is 562. The number of hydrogen-bond acceptors (Lipinski definition) is 5. The summed E-state index contributed by atoms with van der Waals surface area (Å²) in [5.41, 5.74) is 4.87. The zero-order valence-corrected chi connectivity index (χ0v) is 9.66. The first kappa shape index (κ1) is 10.3. The first-order valence-electron chi connectivity index (χ1n) is 5.71. The minimum absolute atomic E-state index is 0.603. The monoisotopic (exact) mass is 230 g/mol. The van der Waals surface area contributed by atoms with Gasteiger partial charge in [0.05, 0.1) is 0 Å². The fraction of sp³-hybridized carbons (Fsp3) is 0.333. The van der Waals surface area contributed by atoms with E-state index < -0.39 is 0 Å². The number of aryl methyl sites for hydroxylation is 2. The Hall–Kier alpha value is -1.88. The summed E-state index contributed by atoms with van der Waals surface area (Å²) in [6, 6.07) is 3.79. The van der Waals surface area contributed by atoms with Crippen LogP contribution in [0, 0.1) is 6.92 Å². The van der Waals surface area contributed by atoms with Crippen LogP contribution in [0.3, 0.4) is 0 Å². The lowest BCUT2D eigenvalue weighted by Gasteiger charge is -2.07. The SMILES string of the molecule is Cc1ccc(-c2nc3c(c(NN)n2)CCC3)o1. The minimum atomic E-state index is 0.603. The summed E-state index contributed by atoms with van der Waals surface area (Å²) in [5, 5.41) is 0. The Morgan fingerprint density at radius 1 is 1.29 bits per heavy atom. The molecule has 0 fully saturated rings. The lowest BCUT2D eigenvalue weighted by atomic mass is 10.2. The van der Waals surface area contributed by atoms with Crippen molar-refractivity contribution in [1.82, 2.24) is 9.97 Å². The number of rotatable bonds is 2. The molecule has 0 bridgehead atoms. The molecule has 0 unspecified atom stereocenters. The second-order valence-electron chi connectivity index (χ2n) is 4.23. The van der Waals surface area contributed by atoms with Gasteiger partial charge < -0.3 is 9.84 Å². The van der Waals surface area contributed by atoms with E-state index in [1.807, 2.05) is 19.1 Å². The minimum Gasteiger partial charge on any atom is -0.458 e. The predicted octanol–water partition coefficient (Wildman–Crippen LogP) is 1.82. The molecule has 3 rings (SSSR count). The van der Waals surface area contributed by atoms with E-state index in [0.717, 1.165) is 42.1 Å². The van der Waals surface area contributed by atoms with E-state index in [2.05, 4.69) is 15.4 Å². The molecule has 0 aromatic carbocycles. The maximum absolute atomic E-state index is 5.54. The van der Waals surface area contributed by atoms with Crippen molar-refractivity contribution in [2.45, 2.75) is 26.2 Å². The summed E-state index contributed by atoms with van der Waals surface area (Å²) in [6.45, 7) is 1.90.